The minimum Gasteiger partial charge on any atom is -0.337 e. The number of piperazine rings is 1. The molecular formula is C18H27ClN4O2. The summed E-state index contributed by atoms with van der Waals surface area (Å²) in [6.07, 6.45) is 5.16. The SMILES string of the molecule is Cl.O=C(c1cc2c([nH]c1=O)CCCC2)N1CCC(N2CCNCC2)C1. The van der Waals surface area contributed by atoms with E-state index in [0.717, 1.165) is 82.6 Å². The van der Waals surface area contributed by atoms with Crippen LogP contribution in [0.15, 0.2) is 10.9 Å². The average Bonchev–Trinajstić information content (AvgIpc) is 3.11. The van der Waals surface area contributed by atoms with Crippen LogP contribution in [0.5, 0.6) is 0 Å². The molecule has 3 heterocycles. The van der Waals surface area contributed by atoms with E-state index in [0.29, 0.717) is 11.6 Å². The molecule has 25 heavy (non-hydrogen) atoms. The topological polar surface area (TPSA) is 68.4 Å². The smallest absolute Gasteiger partial charge is 0.261 e. The second-order valence-corrected chi connectivity index (χ2v) is 7.20. The summed E-state index contributed by atoms with van der Waals surface area (Å²) in [5.74, 6) is -0.0951. The summed E-state index contributed by atoms with van der Waals surface area (Å²) in [4.78, 5) is 32.5. The van der Waals surface area contributed by atoms with Gasteiger partial charge in [-0.15, -0.1) is 12.4 Å². The van der Waals surface area contributed by atoms with Crippen molar-refractivity contribution in [3.8, 4) is 0 Å². The number of aromatic nitrogens is 1. The van der Waals surface area contributed by atoms with Crippen LogP contribution >= 0.6 is 12.4 Å². The molecule has 0 saturated carbocycles. The normalized spacial score (nSPS) is 23.8. The molecule has 0 radical (unpaired) electrons. The lowest BCUT2D eigenvalue weighted by Gasteiger charge is -2.32. The number of fused-ring (bicyclic) bond motifs is 1. The molecule has 1 aromatic heterocycles. The molecule has 1 atom stereocenters. The molecule has 1 aromatic rings. The Bertz CT molecular complexity index is 684. The van der Waals surface area contributed by atoms with Gasteiger partial charge in [0.2, 0.25) is 0 Å². The number of hydrogen-bond donors (Lipinski definition) is 2. The number of nitrogens with zero attached hydrogens (tertiary/aromatic N) is 2. The van der Waals surface area contributed by atoms with Crippen molar-refractivity contribution in [3.05, 3.63) is 33.2 Å². The zero-order chi connectivity index (χ0) is 16.5. The van der Waals surface area contributed by atoms with Gasteiger partial charge in [0.15, 0.2) is 0 Å². The van der Waals surface area contributed by atoms with E-state index < -0.39 is 0 Å². The zero-order valence-electron chi connectivity index (χ0n) is 14.6. The third-order valence-electron chi connectivity index (χ3n) is 5.69. The van der Waals surface area contributed by atoms with Crippen LogP contribution in [0.2, 0.25) is 0 Å². The van der Waals surface area contributed by atoms with Crippen molar-refractivity contribution in [2.75, 3.05) is 39.3 Å². The van der Waals surface area contributed by atoms with Crippen LogP contribution in [-0.4, -0.2) is 66.0 Å². The number of amides is 1. The van der Waals surface area contributed by atoms with Gasteiger partial charge in [0.1, 0.15) is 5.56 Å². The number of aromatic amines is 1. The predicted octanol–water partition coefficient (Wildman–Crippen LogP) is 0.795. The Hall–Kier alpha value is -1.37. The number of nitrogens with one attached hydrogen (secondary N) is 2. The van der Waals surface area contributed by atoms with Crippen molar-refractivity contribution >= 4 is 18.3 Å². The Morgan fingerprint density at radius 3 is 2.68 bits per heavy atom. The van der Waals surface area contributed by atoms with E-state index in [1.807, 2.05) is 11.0 Å². The van der Waals surface area contributed by atoms with Crippen molar-refractivity contribution in [2.24, 2.45) is 0 Å². The lowest BCUT2D eigenvalue weighted by Crippen LogP contribution is -2.49. The van der Waals surface area contributed by atoms with E-state index >= 15 is 0 Å². The largest absolute Gasteiger partial charge is 0.337 e. The molecule has 1 aliphatic carbocycles. The van der Waals surface area contributed by atoms with E-state index in [9.17, 15) is 9.59 Å². The first-order valence-electron chi connectivity index (χ1n) is 9.21. The van der Waals surface area contributed by atoms with Gasteiger partial charge in [-0.3, -0.25) is 14.5 Å². The molecule has 7 heteroatoms. The molecule has 2 aliphatic heterocycles. The maximum atomic E-state index is 12.9. The Balaban J connectivity index is 0.00000182. The van der Waals surface area contributed by atoms with Gasteiger partial charge in [0, 0.05) is 51.0 Å². The third kappa shape index (κ3) is 3.76. The van der Waals surface area contributed by atoms with Gasteiger partial charge < -0.3 is 15.2 Å². The summed E-state index contributed by atoms with van der Waals surface area (Å²) >= 11 is 0. The first kappa shape index (κ1) is 18.4. The highest BCUT2D eigenvalue weighted by molar-refractivity contribution is 5.94. The minimum atomic E-state index is -0.216. The Morgan fingerprint density at radius 2 is 1.88 bits per heavy atom. The van der Waals surface area contributed by atoms with Gasteiger partial charge in [0.25, 0.3) is 11.5 Å². The number of hydrogen-bond acceptors (Lipinski definition) is 4. The van der Waals surface area contributed by atoms with Crippen LogP contribution < -0.4 is 10.9 Å². The number of carbonyl (C=O) groups is 1. The molecule has 2 N–H and O–H groups in total. The van der Waals surface area contributed by atoms with Crippen LogP contribution in [-0.2, 0) is 12.8 Å². The molecule has 2 saturated heterocycles. The fourth-order valence-electron chi connectivity index (χ4n) is 4.28. The molecular weight excluding hydrogens is 340 g/mol. The summed E-state index contributed by atoms with van der Waals surface area (Å²) in [5.41, 5.74) is 2.30. The first-order valence-corrected chi connectivity index (χ1v) is 9.21. The number of carbonyl (C=O) groups excluding carboxylic acids is 1. The standard InChI is InChI=1S/C18H26N4O2.ClH/c23-17-15(11-13-3-1-2-4-16(13)20-17)18(24)22-8-5-14(12-22)21-9-6-19-7-10-21;/h11,14,19H,1-10,12H2,(H,20,23);1H. The number of halogens is 1. The quantitative estimate of drug-likeness (QED) is 0.812. The molecule has 0 spiro atoms. The lowest BCUT2D eigenvalue weighted by atomic mass is 9.95. The summed E-state index contributed by atoms with van der Waals surface area (Å²) in [7, 11) is 0. The van der Waals surface area contributed by atoms with Crippen molar-refractivity contribution in [3.63, 3.8) is 0 Å². The Kier molecular flexibility index (Phi) is 5.81. The van der Waals surface area contributed by atoms with Gasteiger partial charge >= 0.3 is 0 Å². The maximum absolute atomic E-state index is 12.9. The maximum Gasteiger partial charge on any atom is 0.261 e. The average molecular weight is 367 g/mol. The molecule has 138 valence electrons. The predicted molar refractivity (Wildman–Crippen MR) is 99.7 cm³/mol. The fourth-order valence-corrected chi connectivity index (χ4v) is 4.28. The Morgan fingerprint density at radius 1 is 1.12 bits per heavy atom. The van der Waals surface area contributed by atoms with Crippen molar-refractivity contribution in [2.45, 2.75) is 38.1 Å². The van der Waals surface area contributed by atoms with Crippen LogP contribution in [0.3, 0.4) is 0 Å². The minimum absolute atomic E-state index is 0. The Labute approximate surface area is 154 Å². The highest BCUT2D eigenvalue weighted by Gasteiger charge is 2.32. The van der Waals surface area contributed by atoms with E-state index in [1.165, 1.54) is 0 Å². The number of rotatable bonds is 2. The summed E-state index contributed by atoms with van der Waals surface area (Å²) < 4.78 is 0. The third-order valence-corrected chi connectivity index (χ3v) is 5.69. The van der Waals surface area contributed by atoms with Gasteiger partial charge in [-0.05, 0) is 43.7 Å². The van der Waals surface area contributed by atoms with E-state index in [4.69, 9.17) is 0 Å². The van der Waals surface area contributed by atoms with E-state index in [-0.39, 0.29) is 23.9 Å². The number of H-pyrrole nitrogens is 1. The second kappa shape index (κ2) is 7.89. The van der Waals surface area contributed by atoms with Crippen LogP contribution in [0, 0.1) is 0 Å². The number of likely N-dealkylation sites (tertiary alicyclic amines) is 1. The summed E-state index contributed by atoms with van der Waals surface area (Å²) in [5, 5.41) is 3.37. The molecule has 4 rings (SSSR count). The van der Waals surface area contributed by atoms with Crippen molar-refractivity contribution in [1.29, 1.82) is 0 Å². The lowest BCUT2D eigenvalue weighted by molar-refractivity contribution is 0.0771. The zero-order valence-corrected chi connectivity index (χ0v) is 15.4. The van der Waals surface area contributed by atoms with Gasteiger partial charge in [-0.25, -0.2) is 0 Å². The molecule has 1 unspecified atom stereocenters. The summed E-state index contributed by atoms with van der Waals surface area (Å²) in [6, 6.07) is 2.29. The van der Waals surface area contributed by atoms with E-state index in [2.05, 4.69) is 15.2 Å². The summed E-state index contributed by atoms with van der Waals surface area (Å²) in [6.45, 7) is 5.64. The fraction of sp³-hybridized carbons (Fsp3) is 0.667. The monoisotopic (exact) mass is 366 g/mol. The number of aryl methyl sites for hydroxylation is 2. The highest BCUT2D eigenvalue weighted by Crippen LogP contribution is 2.21. The van der Waals surface area contributed by atoms with Crippen LogP contribution in [0.1, 0.15) is 40.9 Å². The molecule has 0 aromatic carbocycles. The molecule has 0 bridgehead atoms. The van der Waals surface area contributed by atoms with Crippen molar-refractivity contribution < 1.29 is 4.79 Å². The molecule has 2 fully saturated rings. The van der Waals surface area contributed by atoms with Crippen molar-refractivity contribution in [1.82, 2.24) is 20.1 Å². The van der Waals surface area contributed by atoms with Gasteiger partial charge in [-0.2, -0.15) is 0 Å². The first-order chi connectivity index (χ1) is 11.7. The molecule has 3 aliphatic rings. The van der Waals surface area contributed by atoms with E-state index in [1.54, 1.807) is 0 Å². The van der Waals surface area contributed by atoms with Crippen LogP contribution in [0.25, 0.3) is 0 Å². The van der Waals surface area contributed by atoms with Crippen LogP contribution in [0.4, 0.5) is 0 Å². The van der Waals surface area contributed by atoms with Gasteiger partial charge in [-0.1, -0.05) is 0 Å². The number of pyridine rings is 1. The molecule has 1 amide bonds. The highest BCUT2D eigenvalue weighted by atomic mass is 35.5. The van der Waals surface area contributed by atoms with Gasteiger partial charge in [0.05, 0.1) is 0 Å². The molecule has 6 nitrogen and oxygen atoms in total. The second-order valence-electron chi connectivity index (χ2n) is 7.20.